The molecule has 1 rings (SSSR count). The molecular formula is C10H13ClOP-. The average Bonchev–Trinajstić information content (AvgIpc) is 2.15. The number of unbranched alkanes of at least 4 members (excludes halogenated alkanes) is 1. The van der Waals surface area contributed by atoms with Crippen molar-refractivity contribution >= 4 is 25.1 Å². The van der Waals surface area contributed by atoms with Gasteiger partial charge in [0.05, 0.1) is 0 Å². The Morgan fingerprint density at radius 2 is 1.92 bits per heavy atom. The number of halogens is 1. The first-order chi connectivity index (χ1) is 6.24. The number of hydrogen-bond donors (Lipinski definition) is 0. The molecule has 1 aromatic rings. The predicted octanol–water partition coefficient (Wildman–Crippen LogP) is 2.52. The van der Waals surface area contributed by atoms with Crippen LogP contribution in [0.1, 0.15) is 19.8 Å². The van der Waals surface area contributed by atoms with Crippen LogP contribution >= 0.6 is 19.7 Å². The largest absolute Gasteiger partial charge is 0.826 e. The van der Waals surface area contributed by atoms with Crippen LogP contribution in [0.25, 0.3) is 0 Å². The molecule has 0 radical (unpaired) electrons. The van der Waals surface area contributed by atoms with E-state index in [1.807, 2.05) is 12.1 Å². The topological polar surface area (TPSA) is 23.1 Å². The molecule has 0 N–H and O–H groups in total. The Bertz CT molecular complexity index is 248. The molecule has 0 aliphatic heterocycles. The van der Waals surface area contributed by atoms with Gasteiger partial charge in [0.2, 0.25) is 0 Å². The van der Waals surface area contributed by atoms with Gasteiger partial charge in [0.15, 0.2) is 0 Å². The highest BCUT2D eigenvalue weighted by Crippen LogP contribution is 2.25. The maximum Gasteiger partial charge on any atom is 0.0406 e. The van der Waals surface area contributed by atoms with Gasteiger partial charge >= 0.3 is 0 Å². The van der Waals surface area contributed by atoms with Crippen LogP contribution in [0.5, 0.6) is 0 Å². The molecule has 13 heavy (non-hydrogen) atoms. The van der Waals surface area contributed by atoms with E-state index in [1.165, 1.54) is 0 Å². The van der Waals surface area contributed by atoms with Gasteiger partial charge in [0, 0.05) is 5.02 Å². The molecule has 0 bridgehead atoms. The first-order valence-electron chi connectivity index (χ1n) is 4.44. The highest BCUT2D eigenvalue weighted by Gasteiger charge is 1.96. The Morgan fingerprint density at radius 3 is 2.46 bits per heavy atom. The second kappa shape index (κ2) is 5.59. The summed E-state index contributed by atoms with van der Waals surface area (Å²) in [5, 5.41) is 1.61. The van der Waals surface area contributed by atoms with E-state index in [2.05, 4.69) is 6.92 Å². The second-order valence-corrected chi connectivity index (χ2v) is 5.09. The van der Waals surface area contributed by atoms with Crippen molar-refractivity contribution in [1.29, 1.82) is 0 Å². The van der Waals surface area contributed by atoms with E-state index in [4.69, 9.17) is 11.6 Å². The zero-order chi connectivity index (χ0) is 9.68. The van der Waals surface area contributed by atoms with Crippen molar-refractivity contribution in [3.63, 3.8) is 0 Å². The van der Waals surface area contributed by atoms with Crippen LogP contribution in [-0.4, -0.2) is 6.16 Å². The average molecular weight is 216 g/mol. The predicted molar refractivity (Wildman–Crippen MR) is 57.8 cm³/mol. The summed E-state index contributed by atoms with van der Waals surface area (Å²) in [6.07, 6.45) is 2.90. The molecule has 1 aromatic carbocycles. The Morgan fingerprint density at radius 1 is 1.31 bits per heavy atom. The summed E-state index contributed by atoms with van der Waals surface area (Å²) in [6, 6.07) is 7.26. The molecule has 0 spiro atoms. The van der Waals surface area contributed by atoms with Crippen LogP contribution in [0.2, 0.25) is 5.02 Å². The fourth-order valence-electron chi connectivity index (χ4n) is 1.04. The first kappa shape index (κ1) is 11.0. The molecule has 0 saturated heterocycles. The molecule has 0 saturated carbocycles. The van der Waals surface area contributed by atoms with E-state index in [-0.39, 0.29) is 0 Å². The maximum absolute atomic E-state index is 11.6. The van der Waals surface area contributed by atoms with Crippen LogP contribution in [-0.2, 0) is 0 Å². The Balaban J connectivity index is 2.55. The monoisotopic (exact) mass is 215 g/mol. The SMILES string of the molecule is CCCCP([O-])c1ccc(Cl)cc1. The van der Waals surface area contributed by atoms with Crippen LogP contribution in [0.3, 0.4) is 0 Å². The van der Waals surface area contributed by atoms with E-state index in [9.17, 15) is 4.89 Å². The Kier molecular flexibility index (Phi) is 4.72. The molecule has 1 atom stereocenters. The van der Waals surface area contributed by atoms with Crippen LogP contribution < -0.4 is 10.2 Å². The summed E-state index contributed by atoms with van der Waals surface area (Å²) in [4.78, 5) is 11.6. The van der Waals surface area contributed by atoms with Crippen molar-refractivity contribution in [2.75, 3.05) is 6.16 Å². The van der Waals surface area contributed by atoms with Crippen LogP contribution in [0.4, 0.5) is 0 Å². The minimum absolute atomic E-state index is 0.697. The first-order valence-corrected chi connectivity index (χ1v) is 6.26. The molecule has 0 aliphatic rings. The number of benzene rings is 1. The molecule has 0 fully saturated rings. The van der Waals surface area contributed by atoms with E-state index < -0.39 is 8.15 Å². The normalized spacial score (nSPS) is 12.8. The molecule has 0 aliphatic carbocycles. The van der Waals surface area contributed by atoms with Gasteiger partial charge in [0.25, 0.3) is 0 Å². The van der Waals surface area contributed by atoms with Crippen molar-refractivity contribution in [3.8, 4) is 0 Å². The van der Waals surface area contributed by atoms with Gasteiger partial charge in [-0.3, -0.25) is 0 Å². The van der Waals surface area contributed by atoms with Gasteiger partial charge < -0.3 is 4.89 Å². The third-order valence-electron chi connectivity index (χ3n) is 1.83. The van der Waals surface area contributed by atoms with E-state index >= 15 is 0 Å². The quantitative estimate of drug-likeness (QED) is 0.708. The summed E-state index contributed by atoms with van der Waals surface area (Å²) in [5.41, 5.74) is 0. The second-order valence-electron chi connectivity index (χ2n) is 2.93. The highest BCUT2D eigenvalue weighted by molar-refractivity contribution is 7.58. The summed E-state index contributed by atoms with van der Waals surface area (Å²) in [7, 11) is -1.20. The third-order valence-corrected chi connectivity index (χ3v) is 3.68. The minimum Gasteiger partial charge on any atom is -0.826 e. The molecule has 72 valence electrons. The van der Waals surface area contributed by atoms with Crippen molar-refractivity contribution in [2.45, 2.75) is 19.8 Å². The lowest BCUT2D eigenvalue weighted by Gasteiger charge is -2.23. The molecular weight excluding hydrogens is 203 g/mol. The number of rotatable bonds is 4. The molecule has 1 nitrogen and oxygen atoms in total. The standard InChI is InChI=1S/C10H13ClOP/c1-2-3-8-13(12)10-6-4-9(11)5-7-10/h4-7H,2-3,8H2,1H3/q-1. The van der Waals surface area contributed by atoms with Crippen molar-refractivity contribution in [2.24, 2.45) is 0 Å². The van der Waals surface area contributed by atoms with E-state index in [1.54, 1.807) is 12.1 Å². The summed E-state index contributed by atoms with van der Waals surface area (Å²) < 4.78 is 0. The lowest BCUT2D eigenvalue weighted by atomic mass is 10.4. The van der Waals surface area contributed by atoms with Gasteiger partial charge in [-0.2, -0.15) is 8.15 Å². The zero-order valence-corrected chi connectivity index (χ0v) is 9.31. The van der Waals surface area contributed by atoms with Crippen molar-refractivity contribution in [1.82, 2.24) is 0 Å². The lowest BCUT2D eigenvalue weighted by molar-refractivity contribution is -0.156. The maximum atomic E-state index is 11.6. The fourth-order valence-corrected chi connectivity index (χ4v) is 2.51. The van der Waals surface area contributed by atoms with Gasteiger partial charge in [-0.25, -0.2) is 0 Å². The number of hydrogen-bond acceptors (Lipinski definition) is 1. The van der Waals surface area contributed by atoms with Gasteiger partial charge in [-0.15, -0.1) is 0 Å². The van der Waals surface area contributed by atoms with Crippen molar-refractivity contribution < 1.29 is 4.89 Å². The Labute approximate surface area is 85.6 Å². The molecule has 0 aromatic heterocycles. The Hall–Kier alpha value is -0.100. The summed E-state index contributed by atoms with van der Waals surface area (Å²) >= 11 is 5.73. The summed E-state index contributed by atoms with van der Waals surface area (Å²) in [5.74, 6) is 0. The summed E-state index contributed by atoms with van der Waals surface area (Å²) in [6.45, 7) is 2.10. The third kappa shape index (κ3) is 3.64. The van der Waals surface area contributed by atoms with Gasteiger partial charge in [-0.05, 0) is 23.6 Å². The smallest absolute Gasteiger partial charge is 0.0406 e. The highest BCUT2D eigenvalue weighted by atomic mass is 35.5. The van der Waals surface area contributed by atoms with Gasteiger partial charge in [-0.1, -0.05) is 43.5 Å². The van der Waals surface area contributed by atoms with Crippen molar-refractivity contribution in [3.05, 3.63) is 29.3 Å². The fraction of sp³-hybridized carbons (Fsp3) is 0.400. The zero-order valence-electron chi connectivity index (χ0n) is 7.66. The minimum atomic E-state index is -1.20. The molecule has 1 unspecified atom stereocenters. The van der Waals surface area contributed by atoms with E-state index in [0.717, 1.165) is 24.3 Å². The molecule has 0 heterocycles. The van der Waals surface area contributed by atoms with Gasteiger partial charge in [0.1, 0.15) is 0 Å². The molecule has 0 amide bonds. The lowest BCUT2D eigenvalue weighted by Crippen LogP contribution is -2.12. The van der Waals surface area contributed by atoms with E-state index in [0.29, 0.717) is 5.02 Å². The molecule has 3 heteroatoms. The van der Waals surface area contributed by atoms with Crippen LogP contribution in [0.15, 0.2) is 24.3 Å². The van der Waals surface area contributed by atoms with Crippen LogP contribution in [0, 0.1) is 0 Å².